The second-order valence-corrected chi connectivity index (χ2v) is 10.2. The molecule has 0 bridgehead atoms. The summed E-state index contributed by atoms with van der Waals surface area (Å²) in [7, 11) is -3.86. The van der Waals surface area contributed by atoms with Gasteiger partial charge in [-0.1, -0.05) is 22.9 Å². The minimum Gasteiger partial charge on any atom is -0.494 e. The summed E-state index contributed by atoms with van der Waals surface area (Å²) in [4.78, 5) is 8.96. The Morgan fingerprint density at radius 2 is 1.66 bits per heavy atom. The zero-order valence-corrected chi connectivity index (χ0v) is 20.5. The Kier molecular flexibility index (Phi) is 6.88. The van der Waals surface area contributed by atoms with Gasteiger partial charge in [-0.05, 0) is 62.0 Å². The second-order valence-electron chi connectivity index (χ2n) is 7.47. The van der Waals surface area contributed by atoms with Crippen LogP contribution >= 0.6 is 15.9 Å². The molecule has 3 aromatic rings. The molecule has 4 rings (SSSR count). The molecule has 0 amide bonds. The van der Waals surface area contributed by atoms with Crippen molar-refractivity contribution in [3.8, 4) is 17.2 Å². The monoisotopic (exact) mass is 519 g/mol. The molecule has 2 aromatic carbocycles. The summed E-state index contributed by atoms with van der Waals surface area (Å²) >= 11 is 3.36. The third-order valence-corrected chi connectivity index (χ3v) is 7.67. The first-order chi connectivity index (χ1) is 15.4. The van der Waals surface area contributed by atoms with Gasteiger partial charge in [0.25, 0.3) is 0 Å². The van der Waals surface area contributed by atoms with Crippen LogP contribution in [0.15, 0.2) is 67.3 Å². The Hall–Kier alpha value is -2.36. The van der Waals surface area contributed by atoms with Gasteiger partial charge in [0.1, 0.15) is 5.75 Å². The number of piperazine rings is 1. The minimum atomic E-state index is -3.86. The number of rotatable bonds is 7. The number of aromatic nitrogens is 1. The molecule has 1 aliphatic heterocycles. The number of sulfone groups is 1. The van der Waals surface area contributed by atoms with Crippen molar-refractivity contribution in [2.75, 3.05) is 44.2 Å². The van der Waals surface area contributed by atoms with Crippen LogP contribution in [-0.4, -0.2) is 57.6 Å². The largest absolute Gasteiger partial charge is 0.494 e. The van der Waals surface area contributed by atoms with Gasteiger partial charge in [-0.25, -0.2) is 8.42 Å². The normalized spacial score (nSPS) is 15.2. The number of hydrogen-bond donors (Lipinski definition) is 0. The van der Waals surface area contributed by atoms with Crippen LogP contribution in [0.4, 0.5) is 5.88 Å². The Labute approximate surface area is 197 Å². The highest BCUT2D eigenvalue weighted by molar-refractivity contribution is 9.10. The maximum atomic E-state index is 13.5. The van der Waals surface area contributed by atoms with Crippen molar-refractivity contribution in [3.63, 3.8) is 0 Å². The molecule has 9 heteroatoms. The zero-order valence-electron chi connectivity index (χ0n) is 18.1. The number of hydrogen-bond acceptors (Lipinski definition) is 7. The SMILES string of the molecule is CCOc1ccc(-c2nc(S(=O)(=O)c3ccc(Br)cc3)c(N3CCN(CC)CC3)o2)cc1. The molecule has 0 unspecified atom stereocenters. The van der Waals surface area contributed by atoms with Crippen LogP contribution in [0.1, 0.15) is 13.8 Å². The van der Waals surface area contributed by atoms with Gasteiger partial charge < -0.3 is 19.0 Å². The molecular weight excluding hydrogens is 494 g/mol. The fourth-order valence-corrected chi connectivity index (χ4v) is 5.24. The predicted molar refractivity (Wildman–Crippen MR) is 127 cm³/mol. The molecular formula is C23H26BrN3O4S. The number of halogens is 1. The number of anilines is 1. The number of ether oxygens (including phenoxy) is 1. The molecule has 7 nitrogen and oxygen atoms in total. The average molecular weight is 520 g/mol. The van der Waals surface area contributed by atoms with Crippen LogP contribution in [0.5, 0.6) is 5.75 Å². The summed E-state index contributed by atoms with van der Waals surface area (Å²) in [6.07, 6.45) is 0. The number of nitrogens with zero attached hydrogens (tertiary/aromatic N) is 3. The highest BCUT2D eigenvalue weighted by atomic mass is 79.9. The van der Waals surface area contributed by atoms with E-state index in [1.54, 1.807) is 24.3 Å². The van der Waals surface area contributed by atoms with E-state index in [1.807, 2.05) is 36.1 Å². The van der Waals surface area contributed by atoms with Gasteiger partial charge in [-0.3, -0.25) is 0 Å². The number of likely N-dealkylation sites (N-methyl/N-ethyl adjacent to an activating group) is 1. The van der Waals surface area contributed by atoms with Crippen LogP contribution in [-0.2, 0) is 9.84 Å². The lowest BCUT2D eigenvalue weighted by atomic mass is 10.2. The van der Waals surface area contributed by atoms with Gasteiger partial charge in [0.15, 0.2) is 0 Å². The summed E-state index contributed by atoms with van der Waals surface area (Å²) in [5, 5.41) is -0.0475. The first-order valence-corrected chi connectivity index (χ1v) is 12.9. The molecule has 0 saturated carbocycles. The Morgan fingerprint density at radius 1 is 1.00 bits per heavy atom. The fraction of sp³-hybridized carbons (Fsp3) is 0.348. The van der Waals surface area contributed by atoms with Crippen LogP contribution in [0.3, 0.4) is 0 Å². The van der Waals surface area contributed by atoms with E-state index in [-0.39, 0.29) is 15.8 Å². The second kappa shape index (κ2) is 9.64. The van der Waals surface area contributed by atoms with Gasteiger partial charge in [0, 0.05) is 36.2 Å². The highest BCUT2D eigenvalue weighted by Crippen LogP contribution is 2.35. The average Bonchev–Trinajstić information content (AvgIpc) is 3.27. The molecule has 0 aliphatic carbocycles. The summed E-state index contributed by atoms with van der Waals surface area (Å²) < 4.78 is 39.5. The van der Waals surface area contributed by atoms with Crippen molar-refractivity contribution in [3.05, 3.63) is 53.0 Å². The molecule has 1 aromatic heterocycles. The van der Waals surface area contributed by atoms with E-state index in [9.17, 15) is 8.42 Å². The summed E-state index contributed by atoms with van der Waals surface area (Å²) in [5.41, 5.74) is 0.694. The molecule has 0 radical (unpaired) electrons. The van der Waals surface area contributed by atoms with Crippen molar-refractivity contribution in [2.45, 2.75) is 23.8 Å². The molecule has 1 fully saturated rings. The summed E-state index contributed by atoms with van der Waals surface area (Å²) in [5.74, 6) is 1.31. The molecule has 0 spiro atoms. The lowest BCUT2D eigenvalue weighted by Gasteiger charge is -2.33. The predicted octanol–water partition coefficient (Wildman–Crippen LogP) is 4.48. The Bertz CT molecular complexity index is 1150. The van der Waals surface area contributed by atoms with Gasteiger partial charge in [-0.2, -0.15) is 4.98 Å². The summed E-state index contributed by atoms with van der Waals surface area (Å²) in [6, 6.07) is 13.9. The van der Waals surface area contributed by atoms with Gasteiger partial charge in [0.2, 0.25) is 26.6 Å². The highest BCUT2D eigenvalue weighted by Gasteiger charge is 2.32. The van der Waals surface area contributed by atoms with Gasteiger partial charge >= 0.3 is 0 Å². The lowest BCUT2D eigenvalue weighted by Crippen LogP contribution is -2.46. The van der Waals surface area contributed by atoms with Crippen LogP contribution in [0.2, 0.25) is 0 Å². The zero-order chi connectivity index (χ0) is 22.7. The fourth-order valence-electron chi connectivity index (χ4n) is 3.65. The van der Waals surface area contributed by atoms with E-state index in [2.05, 4.69) is 32.7 Å². The summed E-state index contributed by atoms with van der Waals surface area (Å²) in [6.45, 7) is 8.61. The van der Waals surface area contributed by atoms with Gasteiger partial charge in [-0.15, -0.1) is 0 Å². The quantitative estimate of drug-likeness (QED) is 0.455. The molecule has 0 N–H and O–H groups in total. The van der Waals surface area contributed by atoms with E-state index < -0.39 is 9.84 Å². The van der Waals surface area contributed by atoms with Crippen LogP contribution in [0.25, 0.3) is 11.5 Å². The van der Waals surface area contributed by atoms with E-state index in [1.165, 1.54) is 0 Å². The standard InChI is InChI=1S/C23H26BrN3O4S/c1-3-26-13-15-27(16-14-26)23-22(32(28,29)20-11-7-18(24)8-12-20)25-21(31-23)17-5-9-19(10-6-17)30-4-2/h5-12H,3-4,13-16H2,1-2H3. The van der Waals surface area contributed by atoms with E-state index in [0.29, 0.717) is 31.1 Å². The molecule has 0 atom stereocenters. The molecule has 32 heavy (non-hydrogen) atoms. The van der Waals surface area contributed by atoms with Crippen molar-refractivity contribution in [1.82, 2.24) is 9.88 Å². The van der Waals surface area contributed by atoms with Crippen molar-refractivity contribution < 1.29 is 17.6 Å². The topological polar surface area (TPSA) is 75.9 Å². The van der Waals surface area contributed by atoms with E-state index >= 15 is 0 Å². The third kappa shape index (κ3) is 4.69. The number of benzene rings is 2. The minimum absolute atomic E-state index is 0.0475. The maximum absolute atomic E-state index is 13.5. The van der Waals surface area contributed by atoms with E-state index in [4.69, 9.17) is 9.15 Å². The first-order valence-electron chi connectivity index (χ1n) is 10.6. The van der Waals surface area contributed by atoms with Crippen LogP contribution in [0, 0.1) is 0 Å². The van der Waals surface area contributed by atoms with Crippen molar-refractivity contribution in [2.24, 2.45) is 0 Å². The molecule has 2 heterocycles. The van der Waals surface area contributed by atoms with Crippen molar-refractivity contribution in [1.29, 1.82) is 0 Å². The van der Waals surface area contributed by atoms with Gasteiger partial charge in [0.05, 0.1) is 11.5 Å². The molecule has 1 saturated heterocycles. The lowest BCUT2D eigenvalue weighted by molar-refractivity contribution is 0.266. The maximum Gasteiger partial charge on any atom is 0.236 e. The smallest absolute Gasteiger partial charge is 0.236 e. The molecule has 1 aliphatic rings. The Morgan fingerprint density at radius 3 is 2.25 bits per heavy atom. The number of oxazole rings is 1. The Balaban J connectivity index is 1.75. The first kappa shape index (κ1) is 22.8. The molecule has 170 valence electrons. The van der Waals surface area contributed by atoms with E-state index in [0.717, 1.165) is 29.9 Å². The third-order valence-electron chi connectivity index (χ3n) is 5.48. The van der Waals surface area contributed by atoms with Crippen molar-refractivity contribution >= 4 is 31.7 Å². The van der Waals surface area contributed by atoms with Crippen LogP contribution < -0.4 is 9.64 Å².